The van der Waals surface area contributed by atoms with Crippen LogP contribution in [-0.2, 0) is 27.2 Å². The molecule has 0 amide bonds. The van der Waals surface area contributed by atoms with Gasteiger partial charge in [0.25, 0.3) is 0 Å². The predicted octanol–water partition coefficient (Wildman–Crippen LogP) is 2.55. The number of fused-ring (bicyclic) bond motifs is 1. The van der Waals surface area contributed by atoms with Gasteiger partial charge < -0.3 is 23.7 Å². The van der Waals surface area contributed by atoms with Crippen molar-refractivity contribution in [2.45, 2.75) is 26.4 Å². The SMILES string of the molecule is CCCc1cc2c(cc1COCCOCCOC)OCO2. The Balaban J connectivity index is 1.81. The fourth-order valence-electron chi connectivity index (χ4n) is 2.21. The molecule has 5 nitrogen and oxygen atoms in total. The second-order valence-electron chi connectivity index (χ2n) is 4.88. The summed E-state index contributed by atoms with van der Waals surface area (Å²) >= 11 is 0. The van der Waals surface area contributed by atoms with Crippen LogP contribution in [0.5, 0.6) is 11.5 Å². The van der Waals surface area contributed by atoms with Crippen molar-refractivity contribution in [3.8, 4) is 11.5 Å². The van der Waals surface area contributed by atoms with Gasteiger partial charge in [0.2, 0.25) is 6.79 Å². The van der Waals surface area contributed by atoms with Crippen LogP contribution < -0.4 is 9.47 Å². The van der Waals surface area contributed by atoms with E-state index in [9.17, 15) is 0 Å². The quantitative estimate of drug-likeness (QED) is 0.621. The van der Waals surface area contributed by atoms with Crippen LogP contribution in [0.2, 0.25) is 0 Å². The van der Waals surface area contributed by atoms with Gasteiger partial charge in [0.05, 0.1) is 33.0 Å². The summed E-state index contributed by atoms with van der Waals surface area (Å²) in [5, 5.41) is 0. The number of benzene rings is 1. The van der Waals surface area contributed by atoms with Crippen LogP contribution in [0.4, 0.5) is 0 Å². The Bertz CT molecular complexity index is 433. The third kappa shape index (κ3) is 4.88. The van der Waals surface area contributed by atoms with E-state index < -0.39 is 0 Å². The summed E-state index contributed by atoms with van der Waals surface area (Å²) in [5.74, 6) is 1.65. The van der Waals surface area contributed by atoms with Crippen molar-refractivity contribution in [3.63, 3.8) is 0 Å². The Morgan fingerprint density at radius 2 is 1.62 bits per heavy atom. The van der Waals surface area contributed by atoms with E-state index in [2.05, 4.69) is 13.0 Å². The summed E-state index contributed by atoms with van der Waals surface area (Å²) in [6, 6.07) is 4.10. The fourth-order valence-corrected chi connectivity index (χ4v) is 2.21. The lowest BCUT2D eigenvalue weighted by Gasteiger charge is -2.11. The first-order valence-electron chi connectivity index (χ1n) is 7.41. The molecule has 0 saturated carbocycles. The highest BCUT2D eigenvalue weighted by molar-refractivity contribution is 5.48. The van der Waals surface area contributed by atoms with Crippen LogP contribution in [0.1, 0.15) is 24.5 Å². The molecule has 0 saturated heterocycles. The minimum atomic E-state index is 0.304. The first kappa shape index (κ1) is 16.1. The zero-order valence-corrected chi connectivity index (χ0v) is 12.9. The smallest absolute Gasteiger partial charge is 0.231 e. The standard InChI is InChI=1S/C16H24O5/c1-3-4-13-9-15-16(21-12-20-15)10-14(13)11-19-8-7-18-6-5-17-2/h9-10H,3-8,11-12H2,1-2H3. The molecule has 0 radical (unpaired) electrons. The van der Waals surface area contributed by atoms with Crippen molar-refractivity contribution in [3.05, 3.63) is 23.3 Å². The van der Waals surface area contributed by atoms with Gasteiger partial charge in [0, 0.05) is 7.11 Å². The number of hydrogen-bond donors (Lipinski definition) is 0. The summed E-state index contributed by atoms with van der Waals surface area (Å²) in [5.41, 5.74) is 2.43. The molecule has 0 atom stereocenters. The van der Waals surface area contributed by atoms with Crippen molar-refractivity contribution < 1.29 is 23.7 Å². The first-order chi connectivity index (χ1) is 10.3. The molecule has 0 aliphatic carbocycles. The van der Waals surface area contributed by atoms with Gasteiger partial charge in [0.1, 0.15) is 0 Å². The lowest BCUT2D eigenvalue weighted by Crippen LogP contribution is -2.09. The molecule has 1 aromatic rings. The molecule has 0 spiro atoms. The number of methoxy groups -OCH3 is 1. The molecule has 5 heteroatoms. The van der Waals surface area contributed by atoms with Crippen LogP contribution in [0, 0.1) is 0 Å². The van der Waals surface area contributed by atoms with Crippen LogP contribution >= 0.6 is 0 Å². The molecule has 1 aliphatic rings. The van der Waals surface area contributed by atoms with Gasteiger partial charge in [-0.2, -0.15) is 0 Å². The Morgan fingerprint density at radius 3 is 2.33 bits per heavy atom. The van der Waals surface area contributed by atoms with Crippen molar-refractivity contribution in [2.75, 3.05) is 40.3 Å². The molecule has 0 aromatic heterocycles. The van der Waals surface area contributed by atoms with E-state index in [1.165, 1.54) is 5.56 Å². The lowest BCUT2D eigenvalue weighted by molar-refractivity contribution is 0.0198. The van der Waals surface area contributed by atoms with Crippen LogP contribution in [-0.4, -0.2) is 40.3 Å². The minimum absolute atomic E-state index is 0.304. The Morgan fingerprint density at radius 1 is 0.952 bits per heavy atom. The monoisotopic (exact) mass is 296 g/mol. The van der Waals surface area contributed by atoms with Crippen molar-refractivity contribution in [1.82, 2.24) is 0 Å². The summed E-state index contributed by atoms with van der Waals surface area (Å²) in [4.78, 5) is 0. The van der Waals surface area contributed by atoms with Gasteiger partial charge in [-0.1, -0.05) is 13.3 Å². The van der Waals surface area contributed by atoms with Crippen molar-refractivity contribution in [2.24, 2.45) is 0 Å². The van der Waals surface area contributed by atoms with Crippen LogP contribution in [0.25, 0.3) is 0 Å². The second-order valence-corrected chi connectivity index (χ2v) is 4.88. The summed E-state index contributed by atoms with van der Waals surface area (Å²) in [6.07, 6.45) is 2.10. The van der Waals surface area contributed by atoms with E-state index in [4.69, 9.17) is 23.7 Å². The molecule has 21 heavy (non-hydrogen) atoms. The predicted molar refractivity (Wildman–Crippen MR) is 78.9 cm³/mol. The average molecular weight is 296 g/mol. The maximum absolute atomic E-state index is 5.68. The molecular formula is C16H24O5. The van der Waals surface area contributed by atoms with E-state index in [1.54, 1.807) is 7.11 Å². The summed E-state index contributed by atoms with van der Waals surface area (Å²) < 4.78 is 26.8. The molecule has 1 aromatic carbocycles. The maximum Gasteiger partial charge on any atom is 0.231 e. The van der Waals surface area contributed by atoms with Crippen LogP contribution in [0.3, 0.4) is 0 Å². The van der Waals surface area contributed by atoms with E-state index in [0.29, 0.717) is 39.8 Å². The van der Waals surface area contributed by atoms with Gasteiger partial charge in [-0.25, -0.2) is 0 Å². The molecule has 0 bridgehead atoms. The molecule has 0 unspecified atom stereocenters. The maximum atomic E-state index is 5.68. The third-order valence-corrected chi connectivity index (χ3v) is 3.28. The van der Waals surface area contributed by atoms with Crippen LogP contribution in [0.15, 0.2) is 12.1 Å². The van der Waals surface area contributed by atoms with E-state index in [1.807, 2.05) is 6.07 Å². The molecule has 1 aliphatic heterocycles. The molecular weight excluding hydrogens is 272 g/mol. The number of ether oxygens (including phenoxy) is 5. The normalized spacial score (nSPS) is 12.9. The highest BCUT2D eigenvalue weighted by atomic mass is 16.7. The van der Waals surface area contributed by atoms with Gasteiger partial charge in [-0.3, -0.25) is 0 Å². The van der Waals surface area contributed by atoms with Gasteiger partial charge in [-0.05, 0) is 29.7 Å². The highest BCUT2D eigenvalue weighted by Crippen LogP contribution is 2.35. The lowest BCUT2D eigenvalue weighted by atomic mass is 10.0. The van der Waals surface area contributed by atoms with Gasteiger partial charge >= 0.3 is 0 Å². The third-order valence-electron chi connectivity index (χ3n) is 3.28. The molecule has 1 heterocycles. The molecule has 0 fully saturated rings. The van der Waals surface area contributed by atoms with Crippen molar-refractivity contribution >= 4 is 0 Å². The zero-order chi connectivity index (χ0) is 14.9. The average Bonchev–Trinajstić information content (AvgIpc) is 2.94. The second kappa shape index (κ2) is 8.87. The Hall–Kier alpha value is -1.30. The summed E-state index contributed by atoms with van der Waals surface area (Å²) in [6.45, 7) is 5.41. The van der Waals surface area contributed by atoms with E-state index in [-0.39, 0.29) is 0 Å². The van der Waals surface area contributed by atoms with Gasteiger partial charge in [-0.15, -0.1) is 0 Å². The molecule has 2 rings (SSSR count). The zero-order valence-electron chi connectivity index (χ0n) is 12.9. The van der Waals surface area contributed by atoms with E-state index in [0.717, 1.165) is 29.9 Å². The number of aryl methyl sites for hydroxylation is 1. The van der Waals surface area contributed by atoms with Gasteiger partial charge in [0.15, 0.2) is 11.5 Å². The molecule has 118 valence electrons. The Kier molecular flexibility index (Phi) is 6.79. The number of hydrogen-bond acceptors (Lipinski definition) is 5. The van der Waals surface area contributed by atoms with Crippen molar-refractivity contribution in [1.29, 1.82) is 0 Å². The Labute approximate surface area is 126 Å². The number of rotatable bonds is 10. The highest BCUT2D eigenvalue weighted by Gasteiger charge is 2.16. The van der Waals surface area contributed by atoms with E-state index >= 15 is 0 Å². The minimum Gasteiger partial charge on any atom is -0.454 e. The topological polar surface area (TPSA) is 46.2 Å². The summed E-state index contributed by atoms with van der Waals surface area (Å²) in [7, 11) is 1.66. The largest absolute Gasteiger partial charge is 0.454 e. The first-order valence-corrected chi connectivity index (χ1v) is 7.41. The molecule has 0 N–H and O–H groups in total. The fraction of sp³-hybridized carbons (Fsp3) is 0.625.